The number of urea groups is 1. The maximum absolute atomic E-state index is 11.7. The van der Waals surface area contributed by atoms with E-state index in [1.165, 1.54) is 0 Å². The van der Waals surface area contributed by atoms with E-state index in [0.717, 1.165) is 5.75 Å². The molecule has 0 aliphatic rings. The Morgan fingerprint density at radius 1 is 1.14 bits per heavy atom. The number of carbonyl (C=O) groups is 1. The smallest absolute Gasteiger partial charge is 0.319 e. The van der Waals surface area contributed by atoms with Gasteiger partial charge < -0.3 is 25.8 Å². The SMILES string of the molecule is COCCNC(=O)Nc1ccc(Oc2ccccc2)cc1N. The lowest BCUT2D eigenvalue weighted by Crippen LogP contribution is -2.31. The van der Waals surface area contributed by atoms with Gasteiger partial charge in [-0.15, -0.1) is 0 Å². The van der Waals surface area contributed by atoms with E-state index in [1.807, 2.05) is 30.3 Å². The first-order valence-corrected chi connectivity index (χ1v) is 6.85. The van der Waals surface area contributed by atoms with Gasteiger partial charge in [-0.2, -0.15) is 0 Å². The lowest BCUT2D eigenvalue weighted by atomic mass is 10.2. The summed E-state index contributed by atoms with van der Waals surface area (Å²) in [6, 6.07) is 14.2. The molecule has 0 radical (unpaired) electrons. The average Bonchev–Trinajstić information content (AvgIpc) is 2.51. The van der Waals surface area contributed by atoms with Gasteiger partial charge in [-0.05, 0) is 24.3 Å². The Kier molecular flexibility index (Phi) is 5.62. The normalized spacial score (nSPS) is 10.0. The summed E-state index contributed by atoms with van der Waals surface area (Å²) in [6.07, 6.45) is 0. The summed E-state index contributed by atoms with van der Waals surface area (Å²) >= 11 is 0. The van der Waals surface area contributed by atoms with Crippen molar-refractivity contribution in [3.8, 4) is 11.5 Å². The summed E-state index contributed by atoms with van der Waals surface area (Å²) in [7, 11) is 1.57. The number of benzene rings is 2. The van der Waals surface area contributed by atoms with E-state index in [0.29, 0.717) is 30.3 Å². The van der Waals surface area contributed by atoms with Crippen LogP contribution in [0.5, 0.6) is 11.5 Å². The average molecular weight is 301 g/mol. The standard InChI is InChI=1S/C16H19N3O3/c1-21-10-9-18-16(20)19-15-8-7-13(11-14(15)17)22-12-5-3-2-4-6-12/h2-8,11H,9-10,17H2,1H3,(H2,18,19,20). The van der Waals surface area contributed by atoms with Crippen molar-refractivity contribution in [1.82, 2.24) is 5.32 Å². The molecule has 2 amide bonds. The van der Waals surface area contributed by atoms with Crippen LogP contribution in [0.3, 0.4) is 0 Å². The third kappa shape index (κ3) is 4.68. The predicted octanol–water partition coefficient (Wildman–Crippen LogP) is 2.83. The van der Waals surface area contributed by atoms with Gasteiger partial charge in [0.15, 0.2) is 0 Å². The van der Waals surface area contributed by atoms with Gasteiger partial charge in [0.2, 0.25) is 0 Å². The number of nitrogen functional groups attached to an aromatic ring is 1. The van der Waals surface area contributed by atoms with Gasteiger partial charge in [0.05, 0.1) is 18.0 Å². The van der Waals surface area contributed by atoms with E-state index in [-0.39, 0.29) is 6.03 Å². The Bertz CT molecular complexity index is 617. The number of methoxy groups -OCH3 is 1. The Hall–Kier alpha value is -2.73. The molecule has 6 heteroatoms. The van der Waals surface area contributed by atoms with Crippen LogP contribution in [-0.4, -0.2) is 26.3 Å². The van der Waals surface area contributed by atoms with Crippen LogP contribution in [-0.2, 0) is 4.74 Å². The van der Waals surface area contributed by atoms with Gasteiger partial charge in [0, 0.05) is 19.7 Å². The maximum Gasteiger partial charge on any atom is 0.319 e. The van der Waals surface area contributed by atoms with Crippen LogP contribution in [0.2, 0.25) is 0 Å². The van der Waals surface area contributed by atoms with Crippen LogP contribution in [0.15, 0.2) is 48.5 Å². The number of carbonyl (C=O) groups excluding carboxylic acids is 1. The first-order valence-electron chi connectivity index (χ1n) is 6.85. The molecule has 0 spiro atoms. The number of ether oxygens (including phenoxy) is 2. The lowest BCUT2D eigenvalue weighted by Gasteiger charge is -2.11. The largest absolute Gasteiger partial charge is 0.457 e. The fraction of sp³-hybridized carbons (Fsp3) is 0.188. The van der Waals surface area contributed by atoms with Crippen molar-refractivity contribution in [3.63, 3.8) is 0 Å². The first-order chi connectivity index (χ1) is 10.7. The highest BCUT2D eigenvalue weighted by atomic mass is 16.5. The van der Waals surface area contributed by atoms with Crippen LogP contribution >= 0.6 is 0 Å². The Morgan fingerprint density at radius 2 is 1.91 bits per heavy atom. The lowest BCUT2D eigenvalue weighted by molar-refractivity contribution is 0.198. The van der Waals surface area contributed by atoms with Gasteiger partial charge in [0.25, 0.3) is 0 Å². The number of nitrogens with two attached hydrogens (primary N) is 1. The molecule has 0 saturated heterocycles. The van der Waals surface area contributed by atoms with Crippen molar-refractivity contribution in [2.45, 2.75) is 0 Å². The maximum atomic E-state index is 11.7. The summed E-state index contributed by atoms with van der Waals surface area (Å²) in [5.74, 6) is 1.33. The van der Waals surface area contributed by atoms with Crippen LogP contribution in [0.4, 0.5) is 16.2 Å². The Morgan fingerprint density at radius 3 is 2.59 bits per heavy atom. The molecule has 2 aromatic carbocycles. The molecule has 4 N–H and O–H groups in total. The molecular weight excluding hydrogens is 282 g/mol. The molecule has 6 nitrogen and oxygen atoms in total. The number of hydrogen-bond acceptors (Lipinski definition) is 4. The predicted molar refractivity (Wildman–Crippen MR) is 86.3 cm³/mol. The fourth-order valence-electron chi connectivity index (χ4n) is 1.78. The number of hydrogen-bond donors (Lipinski definition) is 3. The highest BCUT2D eigenvalue weighted by Gasteiger charge is 2.06. The summed E-state index contributed by atoms with van der Waals surface area (Å²) in [5.41, 5.74) is 6.88. The van der Waals surface area contributed by atoms with Crippen LogP contribution in [0.1, 0.15) is 0 Å². The summed E-state index contributed by atoms with van der Waals surface area (Å²) < 4.78 is 10.5. The minimum atomic E-state index is -0.333. The molecule has 0 aromatic heterocycles. The molecule has 22 heavy (non-hydrogen) atoms. The summed E-state index contributed by atoms with van der Waals surface area (Å²) in [6.45, 7) is 0.879. The van der Waals surface area contributed by atoms with Crippen LogP contribution in [0, 0.1) is 0 Å². The van der Waals surface area contributed by atoms with Crippen molar-refractivity contribution in [1.29, 1.82) is 0 Å². The van der Waals surface area contributed by atoms with Crippen LogP contribution < -0.4 is 21.1 Å². The zero-order valence-electron chi connectivity index (χ0n) is 12.3. The van der Waals surface area contributed by atoms with E-state index < -0.39 is 0 Å². The number of nitrogens with one attached hydrogen (secondary N) is 2. The molecule has 0 saturated carbocycles. The highest BCUT2D eigenvalue weighted by molar-refractivity contribution is 5.92. The Balaban J connectivity index is 1.96. The van der Waals surface area contributed by atoms with Gasteiger partial charge >= 0.3 is 6.03 Å². The molecule has 0 aliphatic heterocycles. The van der Waals surface area contributed by atoms with Gasteiger partial charge in [0.1, 0.15) is 11.5 Å². The van der Waals surface area contributed by atoms with Crippen LogP contribution in [0.25, 0.3) is 0 Å². The molecule has 116 valence electrons. The molecule has 0 unspecified atom stereocenters. The molecular formula is C16H19N3O3. The van der Waals surface area contributed by atoms with Gasteiger partial charge in [-0.3, -0.25) is 0 Å². The van der Waals surface area contributed by atoms with E-state index in [2.05, 4.69) is 10.6 Å². The third-order valence-electron chi connectivity index (χ3n) is 2.84. The second-order valence-corrected chi connectivity index (χ2v) is 4.54. The number of rotatable bonds is 6. The second-order valence-electron chi connectivity index (χ2n) is 4.54. The second kappa shape index (κ2) is 7.90. The first kappa shape index (κ1) is 15.7. The van der Waals surface area contributed by atoms with Crippen molar-refractivity contribution in [3.05, 3.63) is 48.5 Å². The van der Waals surface area contributed by atoms with Crippen molar-refractivity contribution in [2.75, 3.05) is 31.3 Å². The van der Waals surface area contributed by atoms with E-state index in [4.69, 9.17) is 15.2 Å². The molecule has 0 aliphatic carbocycles. The number of anilines is 2. The minimum absolute atomic E-state index is 0.333. The molecule has 0 atom stereocenters. The zero-order chi connectivity index (χ0) is 15.8. The molecule has 2 rings (SSSR count). The quantitative estimate of drug-likeness (QED) is 0.565. The van der Waals surface area contributed by atoms with Crippen molar-refractivity contribution in [2.24, 2.45) is 0 Å². The zero-order valence-corrected chi connectivity index (χ0v) is 12.3. The molecule has 2 aromatic rings. The monoisotopic (exact) mass is 301 g/mol. The highest BCUT2D eigenvalue weighted by Crippen LogP contribution is 2.27. The number of para-hydroxylation sites is 1. The molecule has 0 fully saturated rings. The van der Waals surface area contributed by atoms with E-state index in [1.54, 1.807) is 25.3 Å². The van der Waals surface area contributed by atoms with Gasteiger partial charge in [-0.25, -0.2) is 4.79 Å². The molecule has 0 heterocycles. The molecule has 0 bridgehead atoms. The minimum Gasteiger partial charge on any atom is -0.457 e. The Labute approximate surface area is 129 Å². The van der Waals surface area contributed by atoms with E-state index >= 15 is 0 Å². The van der Waals surface area contributed by atoms with Gasteiger partial charge in [-0.1, -0.05) is 18.2 Å². The topological polar surface area (TPSA) is 85.6 Å². The third-order valence-corrected chi connectivity index (χ3v) is 2.84. The van der Waals surface area contributed by atoms with E-state index in [9.17, 15) is 4.79 Å². The summed E-state index contributed by atoms with van der Waals surface area (Å²) in [4.78, 5) is 11.7. The summed E-state index contributed by atoms with van der Waals surface area (Å²) in [5, 5.41) is 5.33. The van der Waals surface area contributed by atoms with Crippen molar-refractivity contribution < 1.29 is 14.3 Å². The number of amides is 2. The fourth-order valence-corrected chi connectivity index (χ4v) is 1.78. The van der Waals surface area contributed by atoms with Crippen molar-refractivity contribution >= 4 is 17.4 Å².